The summed E-state index contributed by atoms with van der Waals surface area (Å²) in [5.74, 6) is 1.43. The van der Waals surface area contributed by atoms with Gasteiger partial charge in [-0.05, 0) is 69.3 Å². The third kappa shape index (κ3) is 6.03. The Bertz CT molecular complexity index is 3970. The van der Waals surface area contributed by atoms with Crippen LogP contribution in [0.25, 0.3) is 94.1 Å². The van der Waals surface area contributed by atoms with Crippen molar-refractivity contribution in [2.75, 3.05) is 0 Å². The van der Waals surface area contributed by atoms with Crippen LogP contribution in [0, 0.1) is 0 Å². The van der Waals surface area contributed by atoms with Crippen molar-refractivity contribution in [1.82, 2.24) is 23.7 Å². The van der Waals surface area contributed by atoms with E-state index in [4.69, 9.17) is 9.97 Å². The molecule has 5 nitrogen and oxygen atoms in total. The van der Waals surface area contributed by atoms with Gasteiger partial charge in [-0.3, -0.25) is 9.13 Å². The van der Waals surface area contributed by atoms with Crippen LogP contribution >= 0.6 is 0 Å². The number of para-hydroxylation sites is 6. The minimum atomic E-state index is -2.99. The molecule has 10 aromatic carbocycles. The number of fused-ring (bicyclic) bond motifs is 9. The van der Waals surface area contributed by atoms with Crippen molar-refractivity contribution < 1.29 is 0 Å². The van der Waals surface area contributed by atoms with Gasteiger partial charge in [0.2, 0.25) is 5.95 Å². The van der Waals surface area contributed by atoms with Gasteiger partial charge in [0.05, 0.1) is 38.8 Å². The predicted octanol–water partition coefficient (Wildman–Crippen LogP) is 12.8. The lowest BCUT2D eigenvalue weighted by Gasteiger charge is -2.35. The molecule has 6 heteroatoms. The summed E-state index contributed by atoms with van der Waals surface area (Å²) in [5, 5.41) is 12.4. The molecule has 0 atom stereocenters. The third-order valence-corrected chi connectivity index (χ3v) is 19.2. The first-order valence-corrected chi connectivity index (χ1v) is 25.9. The zero-order valence-electron chi connectivity index (χ0n) is 38.1. The Morgan fingerprint density at radius 3 is 1.10 bits per heavy atom. The Labute approximate surface area is 405 Å². The molecule has 70 heavy (non-hydrogen) atoms. The lowest BCUT2D eigenvalue weighted by atomic mass is 10.1. The maximum atomic E-state index is 5.52. The number of rotatable bonds is 8. The zero-order chi connectivity index (χ0) is 46.2. The molecule has 4 aromatic heterocycles. The Morgan fingerprint density at radius 1 is 0.271 bits per heavy atom. The van der Waals surface area contributed by atoms with E-state index in [0.29, 0.717) is 5.95 Å². The highest BCUT2D eigenvalue weighted by molar-refractivity contribution is 7.19. The standard InChI is InChI=1S/C64H43N5Si/c1-3-21-46(22-4-1)70(47-23-5-2-6-24-47,49-25-19-20-45(42-49)67-57-32-13-7-26-50(57)51-27-8-14-33-58(51)67)48-40-38-44(39-41-48)56-43-63(68-59-34-15-9-28-52(59)53-29-10-16-35-60(53)68)66-64(65-56)69-61-36-17-11-30-54(61)55-31-12-18-37-62(55)69/h1-43H. The number of nitrogens with zero attached hydrogens (tertiary/aromatic N) is 5. The first-order chi connectivity index (χ1) is 34.7. The van der Waals surface area contributed by atoms with Gasteiger partial charge in [-0.15, -0.1) is 0 Å². The fraction of sp³-hybridized carbons (Fsp3) is 0. The SMILES string of the molecule is c1ccc([Si](c2ccccc2)(c2ccc(-c3cc(-n4c5ccccc5c5ccccc54)nc(-n4c5ccccc5c5ccccc54)n3)cc2)c2cccc(-n3c4ccccc4c4ccccc43)c2)cc1. The highest BCUT2D eigenvalue weighted by Crippen LogP contribution is 2.36. The molecular formula is C64H43N5Si. The third-order valence-electron chi connectivity index (χ3n) is 14.4. The number of aromatic nitrogens is 5. The Kier molecular flexibility index (Phi) is 9.15. The number of benzene rings is 10. The summed E-state index contributed by atoms with van der Waals surface area (Å²) in [6.07, 6.45) is 0. The molecule has 328 valence electrons. The lowest BCUT2D eigenvalue weighted by molar-refractivity contribution is 0.952. The van der Waals surface area contributed by atoms with Gasteiger partial charge in [-0.1, -0.05) is 206 Å². The molecule has 0 aliphatic rings. The second-order valence-electron chi connectivity index (χ2n) is 18.1. The van der Waals surface area contributed by atoms with Crippen molar-refractivity contribution in [3.05, 3.63) is 261 Å². The molecular weight excluding hydrogens is 867 g/mol. The summed E-state index contributed by atoms with van der Waals surface area (Å²) in [7, 11) is -2.99. The lowest BCUT2D eigenvalue weighted by Crippen LogP contribution is -2.74. The van der Waals surface area contributed by atoms with E-state index >= 15 is 0 Å². The highest BCUT2D eigenvalue weighted by Gasteiger charge is 2.41. The van der Waals surface area contributed by atoms with E-state index in [1.165, 1.54) is 64.1 Å². The second kappa shape index (κ2) is 16.0. The molecule has 0 amide bonds. The minimum absolute atomic E-state index is 0.620. The first kappa shape index (κ1) is 40.0. The van der Waals surface area contributed by atoms with Crippen molar-refractivity contribution in [1.29, 1.82) is 0 Å². The van der Waals surface area contributed by atoms with Crippen LogP contribution in [-0.2, 0) is 0 Å². The largest absolute Gasteiger partial charge is 0.309 e. The summed E-state index contributed by atoms with van der Waals surface area (Å²) in [5.41, 5.74) is 9.72. The summed E-state index contributed by atoms with van der Waals surface area (Å²) in [6.45, 7) is 0. The van der Waals surface area contributed by atoms with Gasteiger partial charge in [0, 0.05) is 49.6 Å². The fourth-order valence-corrected chi connectivity index (χ4v) is 16.2. The van der Waals surface area contributed by atoms with Gasteiger partial charge in [-0.2, -0.15) is 4.98 Å². The van der Waals surface area contributed by atoms with Crippen molar-refractivity contribution in [2.45, 2.75) is 0 Å². The fourth-order valence-electron chi connectivity index (χ4n) is 11.4. The zero-order valence-corrected chi connectivity index (χ0v) is 39.1. The molecule has 0 aliphatic carbocycles. The number of hydrogen-bond donors (Lipinski definition) is 0. The van der Waals surface area contributed by atoms with E-state index < -0.39 is 8.07 Å². The molecule has 0 aliphatic heterocycles. The molecule has 0 saturated carbocycles. The van der Waals surface area contributed by atoms with E-state index in [9.17, 15) is 0 Å². The molecule has 14 rings (SSSR count). The average molecular weight is 910 g/mol. The average Bonchev–Trinajstić information content (AvgIpc) is 4.08. The van der Waals surface area contributed by atoms with Gasteiger partial charge in [0.15, 0.2) is 8.07 Å². The second-order valence-corrected chi connectivity index (χ2v) is 21.9. The topological polar surface area (TPSA) is 40.6 Å². The van der Waals surface area contributed by atoms with Gasteiger partial charge in [0.1, 0.15) is 5.82 Å². The van der Waals surface area contributed by atoms with Crippen molar-refractivity contribution in [3.63, 3.8) is 0 Å². The van der Waals surface area contributed by atoms with Crippen LogP contribution in [0.5, 0.6) is 0 Å². The normalized spacial score (nSPS) is 12.0. The molecule has 4 heterocycles. The Balaban J connectivity index is 1.00. The summed E-state index contributed by atoms with van der Waals surface area (Å²) in [4.78, 5) is 11.0. The van der Waals surface area contributed by atoms with Crippen LogP contribution in [0.4, 0.5) is 0 Å². The van der Waals surface area contributed by atoms with E-state index in [2.05, 4.69) is 275 Å². The van der Waals surface area contributed by atoms with E-state index in [1.54, 1.807) is 0 Å². The van der Waals surface area contributed by atoms with Crippen LogP contribution in [0.3, 0.4) is 0 Å². The number of hydrogen-bond acceptors (Lipinski definition) is 2. The van der Waals surface area contributed by atoms with Gasteiger partial charge >= 0.3 is 0 Å². The first-order valence-electron chi connectivity index (χ1n) is 23.9. The van der Waals surface area contributed by atoms with Crippen molar-refractivity contribution in [3.8, 4) is 28.7 Å². The van der Waals surface area contributed by atoms with Gasteiger partial charge in [-0.25, -0.2) is 4.98 Å². The molecule has 14 aromatic rings. The molecule has 0 radical (unpaired) electrons. The van der Waals surface area contributed by atoms with Crippen molar-refractivity contribution >= 4 is 94.2 Å². The van der Waals surface area contributed by atoms with Crippen LogP contribution in [0.15, 0.2) is 261 Å². The summed E-state index contributed by atoms with van der Waals surface area (Å²) in [6, 6.07) is 95.1. The van der Waals surface area contributed by atoms with Crippen LogP contribution in [0.2, 0.25) is 0 Å². The quantitative estimate of drug-likeness (QED) is 0.113. The molecule has 0 unspecified atom stereocenters. The molecule has 0 N–H and O–H groups in total. The van der Waals surface area contributed by atoms with Gasteiger partial charge < -0.3 is 4.57 Å². The monoisotopic (exact) mass is 909 g/mol. The highest BCUT2D eigenvalue weighted by atomic mass is 28.3. The smallest absolute Gasteiger partial charge is 0.237 e. The Morgan fingerprint density at radius 2 is 0.643 bits per heavy atom. The summed E-state index contributed by atoms with van der Waals surface area (Å²) < 4.78 is 6.96. The predicted molar refractivity (Wildman–Crippen MR) is 294 cm³/mol. The van der Waals surface area contributed by atoms with Crippen LogP contribution < -0.4 is 20.7 Å². The van der Waals surface area contributed by atoms with E-state index in [0.717, 1.165) is 44.8 Å². The maximum Gasteiger partial charge on any atom is 0.237 e. The minimum Gasteiger partial charge on any atom is -0.309 e. The molecule has 0 fully saturated rings. The molecule has 0 spiro atoms. The van der Waals surface area contributed by atoms with E-state index in [1.807, 2.05) is 0 Å². The van der Waals surface area contributed by atoms with Crippen molar-refractivity contribution in [2.24, 2.45) is 0 Å². The van der Waals surface area contributed by atoms with Gasteiger partial charge in [0.25, 0.3) is 0 Å². The summed E-state index contributed by atoms with van der Waals surface area (Å²) >= 11 is 0. The van der Waals surface area contributed by atoms with Crippen LogP contribution in [0.1, 0.15) is 0 Å². The molecule has 0 saturated heterocycles. The van der Waals surface area contributed by atoms with Crippen LogP contribution in [-0.4, -0.2) is 31.7 Å². The maximum absolute atomic E-state index is 5.52. The molecule has 0 bridgehead atoms. The Hall–Kier alpha value is -9.10. The van der Waals surface area contributed by atoms with E-state index in [-0.39, 0.29) is 0 Å².